The van der Waals surface area contributed by atoms with E-state index in [1.54, 1.807) is 24.5 Å². The number of pyridine rings is 1. The molecule has 6 heteroatoms. The summed E-state index contributed by atoms with van der Waals surface area (Å²) in [6.45, 7) is 4.26. The topological polar surface area (TPSA) is 80.9 Å². The smallest absolute Gasteiger partial charge is 0.247 e. The van der Waals surface area contributed by atoms with Crippen molar-refractivity contribution in [2.45, 2.75) is 33.2 Å². The maximum Gasteiger partial charge on any atom is 0.247 e. The van der Waals surface area contributed by atoms with Gasteiger partial charge in [0.1, 0.15) is 0 Å². The molecule has 0 atom stereocenters. The largest absolute Gasteiger partial charge is 0.419 e. The van der Waals surface area contributed by atoms with E-state index in [-0.39, 0.29) is 18.4 Å². The molecule has 1 N–H and O–H groups in total. The van der Waals surface area contributed by atoms with Crippen molar-refractivity contribution in [1.82, 2.24) is 20.5 Å². The molecule has 0 radical (unpaired) electrons. The number of amides is 1. The highest BCUT2D eigenvalue weighted by Gasteiger charge is 2.15. The van der Waals surface area contributed by atoms with Crippen LogP contribution in [-0.2, 0) is 11.3 Å². The Kier molecular flexibility index (Phi) is 4.81. The number of hydrogen-bond donors (Lipinski definition) is 1. The van der Waals surface area contributed by atoms with Gasteiger partial charge in [0.05, 0.1) is 6.54 Å². The fraction of sp³-hybridized carbons (Fsp3) is 0.429. The molecule has 0 spiro atoms. The lowest BCUT2D eigenvalue weighted by molar-refractivity contribution is -0.125. The number of carbonyl (C=O) groups is 1. The molecule has 0 aliphatic carbocycles. The van der Waals surface area contributed by atoms with Gasteiger partial charge in [-0.1, -0.05) is 13.8 Å². The van der Waals surface area contributed by atoms with Crippen molar-refractivity contribution in [2.24, 2.45) is 5.92 Å². The zero-order chi connectivity index (χ0) is 14.4. The van der Waals surface area contributed by atoms with Gasteiger partial charge in [-0.15, -0.1) is 10.2 Å². The standard InChI is InChI=1S/C14H18N4O2/c1-3-10(4-2)13(19)16-9-12-17-18-14(20-12)11-5-7-15-8-6-11/h5-8,10H,3-4,9H2,1-2H3,(H,16,19). The summed E-state index contributed by atoms with van der Waals surface area (Å²) in [6, 6.07) is 3.58. The lowest BCUT2D eigenvalue weighted by Crippen LogP contribution is -2.29. The molecule has 1 amide bonds. The Morgan fingerprint density at radius 1 is 1.25 bits per heavy atom. The Morgan fingerprint density at radius 2 is 1.95 bits per heavy atom. The fourth-order valence-electron chi connectivity index (χ4n) is 1.90. The van der Waals surface area contributed by atoms with Crippen LogP contribution >= 0.6 is 0 Å². The number of aromatic nitrogens is 3. The highest BCUT2D eigenvalue weighted by molar-refractivity contribution is 5.78. The first-order valence-corrected chi connectivity index (χ1v) is 6.75. The molecule has 0 aliphatic heterocycles. The monoisotopic (exact) mass is 274 g/mol. The van der Waals surface area contributed by atoms with E-state index in [2.05, 4.69) is 20.5 Å². The summed E-state index contributed by atoms with van der Waals surface area (Å²) in [5, 5.41) is 10.7. The molecule has 0 unspecified atom stereocenters. The zero-order valence-corrected chi connectivity index (χ0v) is 11.7. The van der Waals surface area contributed by atoms with Crippen molar-refractivity contribution in [3.05, 3.63) is 30.4 Å². The van der Waals surface area contributed by atoms with E-state index in [0.717, 1.165) is 18.4 Å². The predicted molar refractivity (Wildman–Crippen MR) is 73.4 cm³/mol. The van der Waals surface area contributed by atoms with Crippen LogP contribution in [0.25, 0.3) is 11.5 Å². The van der Waals surface area contributed by atoms with Crippen LogP contribution in [0.1, 0.15) is 32.6 Å². The SMILES string of the molecule is CCC(CC)C(=O)NCc1nnc(-c2ccncc2)o1. The van der Waals surface area contributed by atoms with Gasteiger partial charge in [-0.2, -0.15) is 0 Å². The van der Waals surface area contributed by atoms with E-state index < -0.39 is 0 Å². The van der Waals surface area contributed by atoms with Gasteiger partial charge in [0.2, 0.25) is 17.7 Å². The molecule has 0 saturated heterocycles. The van der Waals surface area contributed by atoms with Crippen molar-refractivity contribution in [2.75, 3.05) is 0 Å². The third kappa shape index (κ3) is 3.40. The van der Waals surface area contributed by atoms with Gasteiger partial charge >= 0.3 is 0 Å². The van der Waals surface area contributed by atoms with Gasteiger partial charge in [-0.3, -0.25) is 9.78 Å². The maximum absolute atomic E-state index is 11.8. The Bertz CT molecular complexity index is 549. The average molecular weight is 274 g/mol. The molecule has 2 heterocycles. The lowest BCUT2D eigenvalue weighted by atomic mass is 10.0. The van der Waals surface area contributed by atoms with Crippen LogP contribution in [0.4, 0.5) is 0 Å². The molecule has 0 saturated carbocycles. The van der Waals surface area contributed by atoms with E-state index in [4.69, 9.17) is 4.42 Å². The van der Waals surface area contributed by atoms with Gasteiger partial charge in [0, 0.05) is 23.9 Å². The minimum Gasteiger partial charge on any atom is -0.419 e. The molecule has 0 aliphatic rings. The van der Waals surface area contributed by atoms with Crippen LogP contribution in [0.2, 0.25) is 0 Å². The summed E-state index contributed by atoms with van der Waals surface area (Å²) < 4.78 is 5.50. The lowest BCUT2D eigenvalue weighted by Gasteiger charge is -2.10. The van der Waals surface area contributed by atoms with Crippen molar-refractivity contribution in [3.63, 3.8) is 0 Å². The van der Waals surface area contributed by atoms with Crippen LogP contribution in [0, 0.1) is 5.92 Å². The normalized spacial score (nSPS) is 10.8. The maximum atomic E-state index is 11.8. The van der Waals surface area contributed by atoms with Crippen molar-refractivity contribution in [1.29, 1.82) is 0 Å². The van der Waals surface area contributed by atoms with Gasteiger partial charge in [-0.25, -0.2) is 0 Å². The zero-order valence-electron chi connectivity index (χ0n) is 11.7. The Morgan fingerprint density at radius 3 is 2.60 bits per heavy atom. The third-order valence-electron chi connectivity index (χ3n) is 3.16. The van der Waals surface area contributed by atoms with E-state index in [0.29, 0.717) is 11.8 Å². The second kappa shape index (κ2) is 6.79. The van der Waals surface area contributed by atoms with E-state index in [1.165, 1.54) is 0 Å². The minimum absolute atomic E-state index is 0.0265. The summed E-state index contributed by atoms with van der Waals surface area (Å²) in [5.41, 5.74) is 0.810. The number of nitrogens with one attached hydrogen (secondary N) is 1. The van der Waals surface area contributed by atoms with E-state index >= 15 is 0 Å². The van der Waals surface area contributed by atoms with Gasteiger partial charge in [0.25, 0.3) is 0 Å². The van der Waals surface area contributed by atoms with Gasteiger partial charge in [0.15, 0.2) is 0 Å². The molecule has 20 heavy (non-hydrogen) atoms. The minimum atomic E-state index is 0.0265. The number of hydrogen-bond acceptors (Lipinski definition) is 5. The van der Waals surface area contributed by atoms with Gasteiger partial charge in [-0.05, 0) is 25.0 Å². The third-order valence-corrected chi connectivity index (χ3v) is 3.16. The molecule has 0 bridgehead atoms. The number of nitrogens with zero attached hydrogens (tertiary/aromatic N) is 3. The number of rotatable bonds is 6. The molecule has 0 fully saturated rings. The van der Waals surface area contributed by atoms with Crippen LogP contribution in [0.3, 0.4) is 0 Å². The Hall–Kier alpha value is -2.24. The second-order valence-electron chi connectivity index (χ2n) is 4.47. The van der Waals surface area contributed by atoms with Crippen LogP contribution in [0.15, 0.2) is 28.9 Å². The molecule has 2 aromatic rings. The quantitative estimate of drug-likeness (QED) is 0.873. The molecular weight excluding hydrogens is 256 g/mol. The van der Waals surface area contributed by atoms with Crippen molar-refractivity contribution < 1.29 is 9.21 Å². The first-order valence-electron chi connectivity index (χ1n) is 6.75. The van der Waals surface area contributed by atoms with Crippen molar-refractivity contribution >= 4 is 5.91 Å². The number of carbonyl (C=O) groups excluding carboxylic acids is 1. The molecular formula is C14H18N4O2. The summed E-state index contributed by atoms with van der Waals surface area (Å²) in [7, 11) is 0. The molecule has 6 nitrogen and oxygen atoms in total. The van der Waals surface area contributed by atoms with Gasteiger partial charge < -0.3 is 9.73 Å². The summed E-state index contributed by atoms with van der Waals surface area (Å²) in [4.78, 5) is 15.8. The molecule has 0 aromatic carbocycles. The van der Waals surface area contributed by atoms with E-state index in [1.807, 2.05) is 13.8 Å². The predicted octanol–water partition coefficient (Wildman–Crippen LogP) is 2.18. The van der Waals surface area contributed by atoms with Crippen LogP contribution in [0.5, 0.6) is 0 Å². The summed E-state index contributed by atoms with van der Waals surface area (Å²) in [6.07, 6.45) is 4.98. The van der Waals surface area contributed by atoms with Crippen LogP contribution < -0.4 is 5.32 Å². The average Bonchev–Trinajstić information content (AvgIpc) is 2.96. The highest BCUT2D eigenvalue weighted by Crippen LogP contribution is 2.16. The first-order chi connectivity index (χ1) is 9.74. The Balaban J connectivity index is 1.95. The highest BCUT2D eigenvalue weighted by atomic mass is 16.4. The van der Waals surface area contributed by atoms with Crippen LogP contribution in [-0.4, -0.2) is 21.1 Å². The first kappa shape index (κ1) is 14.2. The second-order valence-corrected chi connectivity index (χ2v) is 4.47. The van der Waals surface area contributed by atoms with E-state index in [9.17, 15) is 4.79 Å². The van der Waals surface area contributed by atoms with Crippen molar-refractivity contribution in [3.8, 4) is 11.5 Å². The molecule has 2 aromatic heterocycles. The molecule has 2 rings (SSSR count). The summed E-state index contributed by atoms with van der Waals surface area (Å²) in [5.74, 6) is 0.895. The molecule has 106 valence electrons. The fourth-order valence-corrected chi connectivity index (χ4v) is 1.90. The summed E-state index contributed by atoms with van der Waals surface area (Å²) >= 11 is 0. The Labute approximate surface area is 117 Å².